The standard InChI is InChI=1S/C21H21F3N8O2/c1-31-4-6-32(7-5-31)17-3-2-15(11-26-17)28-20(34)18-16(12-27-30-18)29-19(33)13-8-14(10-25-9-13)21(22,23)24/h2-3,8-12H,4-7H2,1H3,(H,27,30)(H,28,34)(H,29,33). The van der Waals surface area contributed by atoms with E-state index in [1.165, 1.54) is 12.4 Å². The number of nitrogens with one attached hydrogen (secondary N) is 3. The SMILES string of the molecule is CN1CCN(c2ccc(NC(=O)c3[nH]ncc3NC(=O)c3cncc(C(F)(F)F)c3)cn2)CC1. The molecule has 1 saturated heterocycles. The number of carbonyl (C=O) groups excluding carboxylic acids is 2. The van der Waals surface area contributed by atoms with Gasteiger partial charge in [-0.2, -0.15) is 18.3 Å². The monoisotopic (exact) mass is 474 g/mol. The van der Waals surface area contributed by atoms with E-state index in [9.17, 15) is 22.8 Å². The van der Waals surface area contributed by atoms with Crippen molar-refractivity contribution >= 4 is 29.0 Å². The van der Waals surface area contributed by atoms with E-state index in [0.717, 1.165) is 38.2 Å². The Labute approximate surface area is 192 Å². The third-order valence-corrected chi connectivity index (χ3v) is 5.28. The summed E-state index contributed by atoms with van der Waals surface area (Å²) in [4.78, 5) is 37.3. The molecule has 0 radical (unpaired) electrons. The van der Waals surface area contributed by atoms with Crippen LogP contribution in [0.2, 0.25) is 0 Å². The van der Waals surface area contributed by atoms with Gasteiger partial charge < -0.3 is 20.4 Å². The molecule has 1 aliphatic rings. The van der Waals surface area contributed by atoms with Gasteiger partial charge in [0.05, 0.1) is 34.9 Å². The third-order valence-electron chi connectivity index (χ3n) is 5.28. The minimum Gasteiger partial charge on any atom is -0.354 e. The summed E-state index contributed by atoms with van der Waals surface area (Å²) in [6.07, 6.45) is -0.316. The topological polar surface area (TPSA) is 119 Å². The maximum absolute atomic E-state index is 12.9. The van der Waals surface area contributed by atoms with Crippen LogP contribution in [-0.2, 0) is 6.18 Å². The Bertz CT molecular complexity index is 1170. The minimum atomic E-state index is -4.64. The van der Waals surface area contributed by atoms with Crippen LogP contribution in [0.15, 0.2) is 43.0 Å². The lowest BCUT2D eigenvalue weighted by Gasteiger charge is -2.33. The van der Waals surface area contributed by atoms with Crippen molar-refractivity contribution in [2.45, 2.75) is 6.18 Å². The number of amides is 2. The van der Waals surface area contributed by atoms with Crippen LogP contribution in [0.1, 0.15) is 26.4 Å². The first-order valence-electron chi connectivity index (χ1n) is 10.3. The lowest BCUT2D eigenvalue weighted by molar-refractivity contribution is -0.137. The zero-order valence-electron chi connectivity index (χ0n) is 18.1. The maximum Gasteiger partial charge on any atom is 0.417 e. The number of rotatable bonds is 5. The Morgan fingerprint density at radius 1 is 1.00 bits per heavy atom. The number of hydrogen-bond donors (Lipinski definition) is 3. The van der Waals surface area contributed by atoms with Crippen molar-refractivity contribution in [3.05, 3.63) is 59.8 Å². The van der Waals surface area contributed by atoms with Crippen molar-refractivity contribution in [1.29, 1.82) is 0 Å². The van der Waals surface area contributed by atoms with Crippen molar-refractivity contribution < 1.29 is 22.8 Å². The molecule has 0 atom stereocenters. The molecular weight excluding hydrogens is 453 g/mol. The van der Waals surface area contributed by atoms with E-state index in [-0.39, 0.29) is 16.9 Å². The van der Waals surface area contributed by atoms with E-state index >= 15 is 0 Å². The van der Waals surface area contributed by atoms with Crippen LogP contribution >= 0.6 is 0 Å². The van der Waals surface area contributed by atoms with Gasteiger partial charge in [0, 0.05) is 38.6 Å². The quantitative estimate of drug-likeness (QED) is 0.520. The van der Waals surface area contributed by atoms with Crippen molar-refractivity contribution in [3.63, 3.8) is 0 Å². The van der Waals surface area contributed by atoms with E-state index in [0.29, 0.717) is 18.0 Å². The number of halogens is 3. The summed E-state index contributed by atoms with van der Waals surface area (Å²) in [5.41, 5.74) is -1.01. The lowest BCUT2D eigenvalue weighted by atomic mass is 10.2. The van der Waals surface area contributed by atoms with Crippen molar-refractivity contribution in [2.24, 2.45) is 0 Å². The average Bonchev–Trinajstić information content (AvgIpc) is 3.28. The molecular formula is C21H21F3N8O2. The molecule has 3 aromatic rings. The molecule has 1 aliphatic heterocycles. The van der Waals surface area contributed by atoms with Gasteiger partial charge >= 0.3 is 6.18 Å². The van der Waals surface area contributed by atoms with Crippen LogP contribution in [-0.4, -0.2) is 70.1 Å². The normalized spacial score (nSPS) is 14.6. The molecule has 4 heterocycles. The van der Waals surface area contributed by atoms with Gasteiger partial charge in [-0.15, -0.1) is 0 Å². The van der Waals surface area contributed by atoms with Crippen LogP contribution < -0.4 is 15.5 Å². The zero-order valence-corrected chi connectivity index (χ0v) is 18.1. The Morgan fingerprint density at radius 3 is 2.44 bits per heavy atom. The summed E-state index contributed by atoms with van der Waals surface area (Å²) in [7, 11) is 2.06. The summed E-state index contributed by atoms with van der Waals surface area (Å²) in [5, 5.41) is 11.3. The van der Waals surface area contributed by atoms with Gasteiger partial charge in [-0.25, -0.2) is 4.98 Å². The highest BCUT2D eigenvalue weighted by molar-refractivity contribution is 6.11. The number of nitrogens with zero attached hydrogens (tertiary/aromatic N) is 5. The molecule has 0 unspecified atom stereocenters. The first-order valence-corrected chi connectivity index (χ1v) is 10.3. The predicted octanol–water partition coefficient (Wildman–Crippen LogP) is 2.47. The van der Waals surface area contributed by atoms with Crippen LogP contribution in [0.25, 0.3) is 0 Å². The predicted molar refractivity (Wildman–Crippen MR) is 118 cm³/mol. The molecule has 0 saturated carbocycles. The molecule has 13 heteroatoms. The lowest BCUT2D eigenvalue weighted by Crippen LogP contribution is -2.44. The van der Waals surface area contributed by atoms with Crippen LogP contribution in [0.4, 0.5) is 30.4 Å². The largest absolute Gasteiger partial charge is 0.417 e. The average molecular weight is 474 g/mol. The summed E-state index contributed by atoms with van der Waals surface area (Å²) in [5.74, 6) is -0.674. The van der Waals surface area contributed by atoms with E-state index in [1.54, 1.807) is 12.1 Å². The highest BCUT2D eigenvalue weighted by atomic mass is 19.4. The van der Waals surface area contributed by atoms with Crippen LogP contribution in [0.5, 0.6) is 0 Å². The fourth-order valence-electron chi connectivity index (χ4n) is 3.34. The number of aromatic nitrogens is 4. The highest BCUT2D eigenvalue weighted by Gasteiger charge is 2.31. The minimum absolute atomic E-state index is 0.00178. The van der Waals surface area contributed by atoms with Crippen molar-refractivity contribution in [2.75, 3.05) is 48.8 Å². The van der Waals surface area contributed by atoms with Gasteiger partial charge in [0.1, 0.15) is 11.5 Å². The molecule has 178 valence electrons. The molecule has 1 fully saturated rings. The van der Waals surface area contributed by atoms with Gasteiger partial charge in [-0.3, -0.25) is 19.7 Å². The molecule has 0 bridgehead atoms. The molecule has 10 nitrogen and oxygen atoms in total. The Balaban J connectivity index is 1.41. The number of piperazine rings is 1. The number of H-pyrrole nitrogens is 1. The van der Waals surface area contributed by atoms with E-state index in [4.69, 9.17) is 0 Å². The van der Waals surface area contributed by atoms with Gasteiger partial charge in [-0.1, -0.05) is 0 Å². The summed E-state index contributed by atoms with van der Waals surface area (Å²) < 4.78 is 38.6. The fourth-order valence-corrected chi connectivity index (χ4v) is 3.34. The Hall–Kier alpha value is -4.00. The smallest absolute Gasteiger partial charge is 0.354 e. The molecule has 0 spiro atoms. The summed E-state index contributed by atoms with van der Waals surface area (Å²) in [6, 6.07) is 4.19. The Morgan fingerprint density at radius 2 is 1.76 bits per heavy atom. The Kier molecular flexibility index (Phi) is 6.45. The molecule has 2 amide bonds. The number of likely N-dealkylation sites (N-methyl/N-ethyl adjacent to an activating group) is 1. The molecule has 34 heavy (non-hydrogen) atoms. The van der Waals surface area contributed by atoms with Gasteiger partial charge in [0.25, 0.3) is 11.8 Å². The second-order valence-electron chi connectivity index (χ2n) is 7.72. The third kappa shape index (κ3) is 5.31. The first-order chi connectivity index (χ1) is 16.2. The second-order valence-corrected chi connectivity index (χ2v) is 7.72. The second kappa shape index (κ2) is 9.47. The molecule has 4 rings (SSSR count). The number of alkyl halides is 3. The maximum atomic E-state index is 12.9. The van der Waals surface area contributed by atoms with Crippen molar-refractivity contribution in [1.82, 2.24) is 25.1 Å². The van der Waals surface area contributed by atoms with Gasteiger partial charge in [-0.05, 0) is 25.2 Å². The number of carbonyl (C=O) groups is 2. The molecule has 3 aromatic heterocycles. The van der Waals surface area contributed by atoms with E-state index < -0.39 is 23.6 Å². The van der Waals surface area contributed by atoms with Crippen LogP contribution in [0, 0.1) is 0 Å². The molecule has 3 N–H and O–H groups in total. The fraction of sp³-hybridized carbons (Fsp3) is 0.286. The van der Waals surface area contributed by atoms with Gasteiger partial charge in [0.2, 0.25) is 0 Å². The van der Waals surface area contributed by atoms with E-state index in [1.807, 2.05) is 0 Å². The number of pyridine rings is 2. The summed E-state index contributed by atoms with van der Waals surface area (Å²) >= 11 is 0. The molecule has 0 aromatic carbocycles. The zero-order chi connectivity index (χ0) is 24.3. The van der Waals surface area contributed by atoms with Crippen LogP contribution in [0.3, 0.4) is 0 Å². The highest BCUT2D eigenvalue weighted by Crippen LogP contribution is 2.29. The number of aromatic amines is 1. The van der Waals surface area contributed by atoms with Gasteiger partial charge in [0.15, 0.2) is 0 Å². The first kappa shape index (κ1) is 23.2. The number of hydrogen-bond acceptors (Lipinski definition) is 7. The van der Waals surface area contributed by atoms with Crippen molar-refractivity contribution in [3.8, 4) is 0 Å². The van der Waals surface area contributed by atoms with E-state index in [2.05, 4.69) is 47.6 Å². The molecule has 0 aliphatic carbocycles. The summed E-state index contributed by atoms with van der Waals surface area (Å²) in [6.45, 7) is 3.58. The number of anilines is 3.